The summed E-state index contributed by atoms with van der Waals surface area (Å²) >= 11 is 0. The minimum Gasteiger partial charge on any atom is -0.497 e. The number of hydrogen-bond donors (Lipinski definition) is 1. The van der Waals surface area contributed by atoms with Crippen LogP contribution in [0.1, 0.15) is 107 Å². The van der Waals surface area contributed by atoms with Crippen LogP contribution in [0.25, 0.3) is 10.8 Å². The summed E-state index contributed by atoms with van der Waals surface area (Å²) in [6.45, 7) is 14.6. The maximum Gasteiger partial charge on any atom is 0.362 e. The first-order valence-electron chi connectivity index (χ1n) is 18.6. The van der Waals surface area contributed by atoms with Gasteiger partial charge in [0.05, 0.1) is 43.1 Å². The molecule has 3 aliphatic rings. The molecule has 292 valence electrons. The molecular weight excluding hydrogens is 703 g/mol. The zero-order valence-corrected chi connectivity index (χ0v) is 33.3. The average Bonchev–Trinajstić information content (AvgIpc) is 3.95. The number of nitrogens with zero attached hydrogens (tertiary/aromatic N) is 2. The fourth-order valence-corrected chi connectivity index (χ4v) is 8.70. The van der Waals surface area contributed by atoms with Gasteiger partial charge in [-0.2, -0.15) is 8.42 Å². The minimum absolute atomic E-state index is 0.0298. The van der Waals surface area contributed by atoms with Crippen LogP contribution in [0.2, 0.25) is 0 Å². The van der Waals surface area contributed by atoms with Crippen molar-refractivity contribution >= 4 is 44.6 Å². The molecule has 3 fully saturated rings. The normalized spacial score (nSPS) is 24.3. The SMILES string of the molecule is CC[C@@H]1C[C@]1(CC(=O)[C@@H]1C[C@@H](Oc2nccc3cc(OC)ccc23)CN1C(=O)[C@@H](CC(=O)OC(C)(C)C)C(C)(C)C)C(=O)NS(=O)(=O)OC1(CC)CC1. The van der Waals surface area contributed by atoms with Crippen LogP contribution in [0.4, 0.5) is 0 Å². The second-order valence-electron chi connectivity index (χ2n) is 17.0. The number of hydrogen-bond acceptors (Lipinski definition) is 11. The molecule has 2 aliphatic carbocycles. The van der Waals surface area contributed by atoms with E-state index < -0.39 is 68.2 Å². The number of amides is 2. The smallest absolute Gasteiger partial charge is 0.362 e. The zero-order chi connectivity index (χ0) is 39.1. The van der Waals surface area contributed by atoms with Gasteiger partial charge in [-0.25, -0.2) is 13.9 Å². The highest BCUT2D eigenvalue weighted by molar-refractivity contribution is 7.85. The van der Waals surface area contributed by atoms with E-state index in [0.29, 0.717) is 43.7 Å². The van der Waals surface area contributed by atoms with Crippen molar-refractivity contribution in [3.8, 4) is 11.6 Å². The van der Waals surface area contributed by atoms with Crippen LogP contribution in [0, 0.1) is 22.7 Å². The number of rotatable bonds is 15. The van der Waals surface area contributed by atoms with E-state index in [1.165, 1.54) is 4.90 Å². The minimum atomic E-state index is -4.41. The van der Waals surface area contributed by atoms with Gasteiger partial charge in [0.15, 0.2) is 5.78 Å². The molecule has 0 unspecified atom stereocenters. The van der Waals surface area contributed by atoms with Gasteiger partial charge in [-0.3, -0.25) is 19.2 Å². The van der Waals surface area contributed by atoms with E-state index in [2.05, 4.69) is 9.71 Å². The predicted octanol–water partition coefficient (Wildman–Crippen LogP) is 5.68. The molecule has 5 rings (SSSR count). The van der Waals surface area contributed by atoms with Crippen LogP contribution in [0.5, 0.6) is 11.6 Å². The molecule has 13 nitrogen and oxygen atoms in total. The van der Waals surface area contributed by atoms with Crippen LogP contribution < -0.4 is 14.2 Å². The molecule has 2 heterocycles. The summed E-state index contributed by atoms with van der Waals surface area (Å²) in [6.07, 6.45) is 3.13. The maximum absolute atomic E-state index is 14.6. The number of aromatic nitrogens is 1. The van der Waals surface area contributed by atoms with Crippen molar-refractivity contribution in [2.45, 2.75) is 130 Å². The Morgan fingerprint density at radius 1 is 1.06 bits per heavy atom. The number of fused-ring (bicyclic) bond motifs is 1. The van der Waals surface area contributed by atoms with Crippen LogP contribution in [0.15, 0.2) is 30.5 Å². The van der Waals surface area contributed by atoms with Crippen molar-refractivity contribution in [2.75, 3.05) is 13.7 Å². The highest BCUT2D eigenvalue weighted by Gasteiger charge is 2.62. The van der Waals surface area contributed by atoms with E-state index in [4.69, 9.17) is 18.4 Å². The molecule has 2 amide bonds. The molecule has 1 N–H and O–H groups in total. The number of carbonyl (C=O) groups excluding carboxylic acids is 4. The molecule has 0 spiro atoms. The average molecular weight is 758 g/mol. The molecule has 0 bridgehead atoms. The van der Waals surface area contributed by atoms with Crippen LogP contribution in [-0.4, -0.2) is 78.9 Å². The van der Waals surface area contributed by atoms with Crippen molar-refractivity contribution in [3.05, 3.63) is 30.5 Å². The fourth-order valence-electron chi connectivity index (χ4n) is 7.48. The molecule has 53 heavy (non-hydrogen) atoms. The summed E-state index contributed by atoms with van der Waals surface area (Å²) in [4.78, 5) is 61.8. The van der Waals surface area contributed by atoms with Crippen molar-refractivity contribution < 1.29 is 46.0 Å². The Kier molecular flexibility index (Phi) is 11.3. The number of Topliss-reactive ketones (excluding diaryl/α,β-unsaturated/α-hetero) is 1. The van der Waals surface area contributed by atoms with Gasteiger partial charge in [-0.05, 0) is 87.4 Å². The van der Waals surface area contributed by atoms with Crippen molar-refractivity contribution in [3.63, 3.8) is 0 Å². The van der Waals surface area contributed by atoms with Gasteiger partial charge in [-0.1, -0.05) is 41.0 Å². The Hall–Kier alpha value is -3.78. The molecular formula is C39H55N3O10S. The summed E-state index contributed by atoms with van der Waals surface area (Å²) in [7, 11) is -2.84. The summed E-state index contributed by atoms with van der Waals surface area (Å²) in [5, 5.41) is 1.55. The van der Waals surface area contributed by atoms with Crippen LogP contribution in [-0.2, 0) is 38.4 Å². The molecule has 1 aromatic heterocycles. The van der Waals surface area contributed by atoms with Crippen molar-refractivity contribution in [1.29, 1.82) is 0 Å². The van der Waals surface area contributed by atoms with E-state index >= 15 is 0 Å². The van der Waals surface area contributed by atoms with E-state index in [-0.39, 0.29) is 37.5 Å². The third-order valence-corrected chi connectivity index (χ3v) is 11.9. The number of pyridine rings is 1. The molecule has 1 aromatic carbocycles. The van der Waals surface area contributed by atoms with E-state index in [1.807, 2.05) is 52.8 Å². The highest BCUT2D eigenvalue weighted by atomic mass is 32.2. The van der Waals surface area contributed by atoms with Gasteiger partial charge in [-0.15, -0.1) is 0 Å². The Bertz CT molecular complexity index is 1850. The first kappa shape index (κ1) is 40.4. The third kappa shape index (κ3) is 9.30. The van der Waals surface area contributed by atoms with Crippen LogP contribution >= 0.6 is 0 Å². The number of likely N-dealkylation sites (tertiary alicyclic amines) is 1. The molecule has 2 aromatic rings. The number of ketones is 1. The summed E-state index contributed by atoms with van der Waals surface area (Å²) in [6, 6.07) is 6.30. The molecule has 14 heteroatoms. The Morgan fingerprint density at radius 3 is 2.32 bits per heavy atom. The maximum atomic E-state index is 14.6. The number of methoxy groups -OCH3 is 1. The highest BCUT2D eigenvalue weighted by Crippen LogP contribution is 2.58. The number of carbonyl (C=O) groups is 4. The summed E-state index contributed by atoms with van der Waals surface area (Å²) in [5.41, 5.74) is -3.51. The lowest BCUT2D eigenvalue weighted by Crippen LogP contribution is -2.49. The van der Waals surface area contributed by atoms with E-state index in [9.17, 15) is 27.6 Å². The standard InChI is InChI=1S/C39H55N3O10S/c1-10-25-21-39(25,35(46)41-53(47,48)52-38(11-2)15-16-38)22-31(43)30-19-27(50-33-28-13-12-26(49-9)18-24(28)14-17-40-33)23-42(30)34(45)29(36(3,4)5)20-32(44)51-37(6,7)8/h12-14,17-18,25,27,29-30H,10-11,15-16,19-23H2,1-9H3,(H,41,46)/t25-,27-,29-,30+,39-/m1/s1. The molecule has 0 radical (unpaired) electrons. The quantitative estimate of drug-likeness (QED) is 0.222. The van der Waals surface area contributed by atoms with Crippen molar-refractivity contribution in [2.24, 2.45) is 22.7 Å². The Morgan fingerprint density at radius 2 is 1.75 bits per heavy atom. The predicted molar refractivity (Wildman–Crippen MR) is 197 cm³/mol. The number of benzene rings is 1. The Labute approximate surface area is 313 Å². The van der Waals surface area contributed by atoms with E-state index in [0.717, 1.165) is 10.8 Å². The second kappa shape index (κ2) is 14.8. The second-order valence-corrected chi connectivity index (χ2v) is 18.3. The third-order valence-electron chi connectivity index (χ3n) is 10.9. The first-order chi connectivity index (χ1) is 24.6. The fraction of sp³-hybridized carbons (Fsp3) is 0.667. The van der Waals surface area contributed by atoms with Gasteiger partial charge in [0, 0.05) is 24.4 Å². The van der Waals surface area contributed by atoms with Gasteiger partial charge in [0.2, 0.25) is 17.7 Å². The van der Waals surface area contributed by atoms with Gasteiger partial charge < -0.3 is 19.1 Å². The molecule has 5 atom stereocenters. The number of ether oxygens (including phenoxy) is 3. The van der Waals surface area contributed by atoms with Crippen LogP contribution in [0.3, 0.4) is 0 Å². The number of nitrogens with one attached hydrogen (secondary N) is 1. The van der Waals surface area contributed by atoms with Gasteiger partial charge in [0.25, 0.3) is 0 Å². The van der Waals surface area contributed by atoms with Gasteiger partial charge >= 0.3 is 16.3 Å². The lowest BCUT2D eigenvalue weighted by atomic mass is 9.77. The molecule has 1 saturated heterocycles. The molecule has 2 saturated carbocycles. The first-order valence-corrected chi connectivity index (χ1v) is 20.0. The van der Waals surface area contributed by atoms with E-state index in [1.54, 1.807) is 40.1 Å². The summed E-state index contributed by atoms with van der Waals surface area (Å²) < 4.78 is 50.8. The van der Waals surface area contributed by atoms with Crippen molar-refractivity contribution in [1.82, 2.24) is 14.6 Å². The number of esters is 1. The van der Waals surface area contributed by atoms with Gasteiger partial charge in [0.1, 0.15) is 17.5 Å². The monoisotopic (exact) mass is 757 g/mol. The zero-order valence-electron chi connectivity index (χ0n) is 32.4. The Balaban J connectivity index is 1.43. The molecule has 1 aliphatic heterocycles. The largest absolute Gasteiger partial charge is 0.497 e. The lowest BCUT2D eigenvalue weighted by molar-refractivity contribution is -0.161. The summed E-state index contributed by atoms with van der Waals surface area (Å²) in [5.74, 6) is -2.19. The topological polar surface area (TPSA) is 168 Å². The lowest BCUT2D eigenvalue weighted by Gasteiger charge is -2.35.